The number of likely N-dealkylation sites (tertiary alicyclic amines) is 1. The summed E-state index contributed by atoms with van der Waals surface area (Å²) in [6.45, 7) is 1.71. The van der Waals surface area contributed by atoms with Gasteiger partial charge >= 0.3 is 17.8 Å². The van der Waals surface area contributed by atoms with Crippen LogP contribution in [0, 0.1) is 0 Å². The quantitative estimate of drug-likeness (QED) is 0.0655. The average Bonchev–Trinajstić information content (AvgIpc) is 3.01. The van der Waals surface area contributed by atoms with Crippen LogP contribution in [-0.4, -0.2) is 57.8 Å². The molecule has 0 saturated carbocycles. The molecule has 178 valence electrons. The molecule has 3 unspecified atom stereocenters. The van der Waals surface area contributed by atoms with Gasteiger partial charge in [-0.2, -0.15) is 13.9 Å². The van der Waals surface area contributed by atoms with E-state index in [0.29, 0.717) is 6.42 Å². The van der Waals surface area contributed by atoms with Crippen molar-refractivity contribution < 1.29 is 51.7 Å². The minimum Gasteiger partial charge on any atom is -0.393 e. The molecule has 16 heteroatoms. The molecule has 1 aromatic rings. The van der Waals surface area contributed by atoms with Gasteiger partial charge in [0.1, 0.15) is 11.0 Å². The number of nitrogens with zero attached hydrogens (tertiary/aromatic N) is 4. The van der Waals surface area contributed by atoms with Crippen molar-refractivity contribution in [2.75, 3.05) is 0 Å². The number of benzene rings is 1. The predicted octanol–water partition coefficient (Wildman–Crippen LogP) is 0.957. The zero-order valence-corrected chi connectivity index (χ0v) is 18.0. The summed E-state index contributed by atoms with van der Waals surface area (Å²) in [6, 6.07) is 3.49. The first kappa shape index (κ1) is 25.7. The first-order valence-electron chi connectivity index (χ1n) is 9.45. The predicted molar refractivity (Wildman–Crippen MR) is 105 cm³/mol. The zero-order valence-electron chi connectivity index (χ0n) is 17.2. The highest BCUT2D eigenvalue weighted by molar-refractivity contribution is 7.87. The minimum absolute atomic E-state index is 0.182. The molecule has 0 aliphatic carbocycles. The second kappa shape index (κ2) is 10.4. The molecule has 3 atom stereocenters. The van der Waals surface area contributed by atoms with Crippen LogP contribution >= 0.6 is 0 Å². The number of hydrogen-bond acceptors (Lipinski definition) is 10. The van der Waals surface area contributed by atoms with Crippen molar-refractivity contribution in [1.29, 1.82) is 0 Å². The Morgan fingerprint density at radius 3 is 2.61 bits per heavy atom. The number of nitrogens with one attached hydrogen (secondary N) is 1. The molecule has 3 N–H and O–H groups in total. The number of azide groups is 1. The Bertz CT molecular complexity index is 1120. The van der Waals surface area contributed by atoms with E-state index in [0.717, 1.165) is 0 Å². The topological polar surface area (TPSA) is 222 Å². The molecule has 15 nitrogen and oxygen atoms in total. The normalized spacial score (nSPS) is 21.1. The molecule has 1 fully saturated rings. The summed E-state index contributed by atoms with van der Waals surface area (Å²) < 4.78 is 29.8. The molecule has 1 heterocycles. The Hall–Kier alpha value is -3.56. The van der Waals surface area contributed by atoms with E-state index in [2.05, 4.69) is 19.9 Å². The van der Waals surface area contributed by atoms with E-state index < -0.39 is 56.2 Å². The summed E-state index contributed by atoms with van der Waals surface area (Å²) in [4.78, 5) is 61.6. The largest absolute Gasteiger partial charge is 0.393 e. The van der Waals surface area contributed by atoms with Gasteiger partial charge < -0.3 is 9.68 Å². The highest BCUT2D eigenvalue weighted by atomic mass is 32.2. The van der Waals surface area contributed by atoms with E-state index in [1.807, 2.05) is 0 Å². The van der Waals surface area contributed by atoms with E-state index in [1.54, 1.807) is 12.4 Å². The molecule has 3 amide bonds. The van der Waals surface area contributed by atoms with Gasteiger partial charge in [-0.3, -0.25) is 9.35 Å². The SMILES string of the molecule is CCCCC(C(=O)ONC(=O)c1ccccc1ON=[N+]=[N-])[N+]1(O)C(=O)CC(S(=O)(=O)O)C1=O. The highest BCUT2D eigenvalue weighted by Gasteiger charge is 2.66. The number of rotatable bonds is 9. The van der Waals surface area contributed by atoms with Crippen LogP contribution in [0.15, 0.2) is 29.5 Å². The van der Waals surface area contributed by atoms with Gasteiger partial charge in [0.05, 0.1) is 12.0 Å². The molecule has 1 aliphatic rings. The molecular formula is C17H20N5O10S+. The number of carbonyl (C=O) groups excluding carboxylic acids is 4. The van der Waals surface area contributed by atoms with Crippen LogP contribution in [0.3, 0.4) is 0 Å². The number of carbonyl (C=O) groups is 4. The monoisotopic (exact) mass is 486 g/mol. The molecule has 0 radical (unpaired) electrons. The fraction of sp³-hybridized carbons (Fsp3) is 0.412. The van der Waals surface area contributed by atoms with E-state index in [1.165, 1.54) is 24.3 Å². The van der Waals surface area contributed by atoms with Crippen LogP contribution in [0.1, 0.15) is 43.0 Å². The Morgan fingerprint density at radius 1 is 1.36 bits per heavy atom. The molecule has 0 bridgehead atoms. The third-order valence-electron chi connectivity index (χ3n) is 4.82. The molecule has 1 aliphatic heterocycles. The Kier molecular flexibility index (Phi) is 8.08. The first-order chi connectivity index (χ1) is 15.5. The summed E-state index contributed by atoms with van der Waals surface area (Å²) in [5.74, 6) is -5.58. The molecule has 1 saturated heterocycles. The fourth-order valence-corrected chi connectivity index (χ4v) is 3.93. The summed E-state index contributed by atoms with van der Waals surface area (Å²) in [7, 11) is -5.03. The zero-order chi connectivity index (χ0) is 24.8. The lowest BCUT2D eigenvalue weighted by atomic mass is 10.1. The molecule has 33 heavy (non-hydrogen) atoms. The molecule has 2 rings (SSSR count). The summed E-state index contributed by atoms with van der Waals surface area (Å²) in [6.07, 6.45) is -0.646. The van der Waals surface area contributed by atoms with E-state index >= 15 is 0 Å². The maximum Gasteiger partial charge on any atom is 0.393 e. The third kappa shape index (κ3) is 5.44. The van der Waals surface area contributed by atoms with E-state index in [4.69, 9.17) is 5.53 Å². The van der Waals surface area contributed by atoms with Gasteiger partial charge in [-0.05, 0) is 28.7 Å². The third-order valence-corrected chi connectivity index (χ3v) is 5.90. The van der Waals surface area contributed by atoms with Crippen LogP contribution in [0.5, 0.6) is 5.75 Å². The van der Waals surface area contributed by atoms with Gasteiger partial charge in [-0.15, -0.1) is 0 Å². The van der Waals surface area contributed by atoms with Gasteiger partial charge in [0, 0.05) is 11.3 Å². The summed E-state index contributed by atoms with van der Waals surface area (Å²) in [5, 5.41) is 11.3. The number of amides is 3. The van der Waals surface area contributed by atoms with Gasteiger partial charge in [0.25, 0.3) is 16.0 Å². The fourth-order valence-electron chi connectivity index (χ4n) is 3.16. The number of hydrogen-bond donors (Lipinski definition) is 3. The van der Waals surface area contributed by atoms with Crippen LogP contribution < -0.4 is 10.3 Å². The van der Waals surface area contributed by atoms with Gasteiger partial charge in [-0.1, -0.05) is 25.5 Å². The lowest BCUT2D eigenvalue weighted by Crippen LogP contribution is -2.62. The maximum atomic E-state index is 12.7. The molecule has 1 aromatic carbocycles. The van der Waals surface area contributed by atoms with Crippen molar-refractivity contribution in [3.63, 3.8) is 0 Å². The van der Waals surface area contributed by atoms with Crippen molar-refractivity contribution >= 4 is 33.8 Å². The van der Waals surface area contributed by atoms with Crippen LogP contribution in [0.25, 0.3) is 10.4 Å². The standard InChI is InChI=1S/C17H19N5O10S/c1-2-3-7-11(22(27)14(23)9-13(16(22)25)33(28,29)30)17(26)32-19-15(24)10-6-4-5-8-12(10)31-21-20-18/h4-6,8,11,13,27H,2-3,7,9H2,1H3,(H-,19,24,28,29,30)/p+1. The second-order valence-corrected chi connectivity index (χ2v) is 8.49. The van der Waals surface area contributed by atoms with Gasteiger partial charge in [0.15, 0.2) is 0 Å². The summed E-state index contributed by atoms with van der Waals surface area (Å²) >= 11 is 0. The molecular weight excluding hydrogens is 466 g/mol. The van der Waals surface area contributed by atoms with Gasteiger partial charge in [-0.25, -0.2) is 19.6 Å². The average molecular weight is 486 g/mol. The van der Waals surface area contributed by atoms with E-state index in [-0.39, 0.29) is 24.2 Å². The van der Waals surface area contributed by atoms with Crippen molar-refractivity contribution in [2.24, 2.45) is 5.28 Å². The lowest BCUT2D eigenvalue weighted by Gasteiger charge is -2.27. The van der Waals surface area contributed by atoms with Crippen molar-refractivity contribution in [2.45, 2.75) is 43.9 Å². The van der Waals surface area contributed by atoms with E-state index in [9.17, 15) is 37.4 Å². The number of hydroxylamine groups is 4. The van der Waals surface area contributed by atoms with Crippen molar-refractivity contribution in [3.05, 3.63) is 40.3 Å². The molecule has 0 aromatic heterocycles. The maximum absolute atomic E-state index is 12.7. The van der Waals surface area contributed by atoms with Crippen LogP contribution in [-0.2, 0) is 29.3 Å². The Labute approximate surface area is 186 Å². The Balaban J connectivity index is 2.25. The Morgan fingerprint density at radius 2 is 2.03 bits per heavy atom. The summed E-state index contributed by atoms with van der Waals surface area (Å²) in [5.41, 5.74) is 9.89. The molecule has 0 spiro atoms. The van der Waals surface area contributed by atoms with Crippen LogP contribution in [0.4, 0.5) is 0 Å². The van der Waals surface area contributed by atoms with Gasteiger partial charge in [0.2, 0.25) is 11.3 Å². The number of quaternary nitrogens is 1. The number of para-hydroxylation sites is 1. The second-order valence-electron chi connectivity index (χ2n) is 6.89. The van der Waals surface area contributed by atoms with Crippen molar-refractivity contribution in [1.82, 2.24) is 5.48 Å². The van der Waals surface area contributed by atoms with Crippen LogP contribution in [0.2, 0.25) is 0 Å². The smallest absolute Gasteiger partial charge is 0.393 e. The van der Waals surface area contributed by atoms with Crippen molar-refractivity contribution in [3.8, 4) is 5.75 Å². The number of unbranched alkanes of at least 4 members (excludes halogenated alkanes) is 1. The number of imide groups is 1. The highest BCUT2D eigenvalue weighted by Crippen LogP contribution is 2.31. The lowest BCUT2D eigenvalue weighted by molar-refractivity contribution is -0.984. The first-order valence-corrected chi connectivity index (χ1v) is 11.0. The minimum atomic E-state index is -5.03.